The van der Waals surface area contributed by atoms with Crippen molar-refractivity contribution in [1.82, 2.24) is 9.99 Å². The summed E-state index contributed by atoms with van der Waals surface area (Å²) in [6, 6.07) is 17.5. The molecule has 0 saturated heterocycles. The fraction of sp³-hybridized carbons (Fsp3) is 0.143. The number of rotatable bonds is 6. The van der Waals surface area contributed by atoms with Gasteiger partial charge in [-0.25, -0.2) is 5.43 Å². The molecule has 2 aromatic carbocycles. The first kappa shape index (κ1) is 20.4. The summed E-state index contributed by atoms with van der Waals surface area (Å²) in [5.41, 5.74) is 6.64. The molecule has 3 aromatic rings. The highest BCUT2D eigenvalue weighted by Crippen LogP contribution is 2.21. The minimum absolute atomic E-state index is 0.105. The molecule has 0 saturated carbocycles. The maximum atomic E-state index is 11.9. The predicted octanol–water partition coefficient (Wildman–Crippen LogP) is 5.15. The van der Waals surface area contributed by atoms with Crippen LogP contribution in [0.15, 0.2) is 68.6 Å². The van der Waals surface area contributed by atoms with Gasteiger partial charge >= 0.3 is 0 Å². The highest BCUT2D eigenvalue weighted by Gasteiger charge is 2.09. The highest BCUT2D eigenvalue weighted by atomic mass is 79.9. The Balaban J connectivity index is 1.62. The molecule has 3 rings (SSSR count). The van der Waals surface area contributed by atoms with Gasteiger partial charge in [0.25, 0.3) is 5.91 Å². The molecule has 7 heteroatoms. The second kappa shape index (κ2) is 9.21. The summed E-state index contributed by atoms with van der Waals surface area (Å²) in [6.45, 7) is 3.96. The van der Waals surface area contributed by atoms with Crippen LogP contribution < -0.4 is 10.2 Å². The van der Waals surface area contributed by atoms with Crippen LogP contribution >= 0.6 is 31.9 Å². The zero-order valence-corrected chi connectivity index (χ0v) is 18.6. The molecule has 28 heavy (non-hydrogen) atoms. The number of halogens is 2. The molecule has 1 amide bonds. The van der Waals surface area contributed by atoms with Crippen molar-refractivity contribution in [3.63, 3.8) is 0 Å². The number of aromatic nitrogens is 1. The van der Waals surface area contributed by atoms with Crippen LogP contribution in [-0.2, 0) is 4.79 Å². The van der Waals surface area contributed by atoms with Crippen molar-refractivity contribution in [2.45, 2.75) is 13.8 Å². The van der Waals surface area contributed by atoms with Crippen LogP contribution in [0.1, 0.15) is 17.0 Å². The molecule has 1 N–H and O–H groups in total. The summed E-state index contributed by atoms with van der Waals surface area (Å²) in [5.74, 6) is 0.296. The van der Waals surface area contributed by atoms with Gasteiger partial charge in [-0.05, 0) is 62.4 Å². The van der Waals surface area contributed by atoms with E-state index in [1.54, 1.807) is 18.3 Å². The van der Waals surface area contributed by atoms with Gasteiger partial charge in [-0.2, -0.15) is 5.10 Å². The van der Waals surface area contributed by atoms with Crippen molar-refractivity contribution < 1.29 is 9.53 Å². The largest absolute Gasteiger partial charge is 0.484 e. The van der Waals surface area contributed by atoms with Crippen molar-refractivity contribution >= 4 is 44.0 Å². The van der Waals surface area contributed by atoms with Gasteiger partial charge in [0.2, 0.25) is 0 Å². The summed E-state index contributed by atoms with van der Waals surface area (Å²) < 4.78 is 9.52. The van der Waals surface area contributed by atoms with Gasteiger partial charge in [-0.3, -0.25) is 4.79 Å². The van der Waals surface area contributed by atoms with Crippen molar-refractivity contribution in [3.05, 3.63) is 80.5 Å². The number of carbonyl (C=O) groups excluding carboxylic acids is 1. The molecule has 0 bridgehead atoms. The number of amides is 1. The molecule has 0 aliphatic rings. The van der Waals surface area contributed by atoms with Gasteiger partial charge in [-0.1, -0.05) is 37.9 Å². The first-order valence-corrected chi connectivity index (χ1v) is 10.2. The quantitative estimate of drug-likeness (QED) is 0.373. The van der Waals surface area contributed by atoms with E-state index in [9.17, 15) is 4.79 Å². The lowest BCUT2D eigenvalue weighted by Crippen LogP contribution is -2.24. The van der Waals surface area contributed by atoms with Gasteiger partial charge in [0, 0.05) is 31.6 Å². The molecule has 0 atom stereocenters. The Kier molecular flexibility index (Phi) is 6.70. The molecule has 0 radical (unpaired) electrons. The zero-order valence-electron chi connectivity index (χ0n) is 15.4. The average Bonchev–Trinajstić information content (AvgIpc) is 2.95. The molecule has 1 aromatic heterocycles. The molecule has 0 spiro atoms. The third-order valence-electron chi connectivity index (χ3n) is 4.11. The maximum Gasteiger partial charge on any atom is 0.277 e. The predicted molar refractivity (Wildman–Crippen MR) is 118 cm³/mol. The smallest absolute Gasteiger partial charge is 0.277 e. The topological polar surface area (TPSA) is 55.6 Å². The average molecular weight is 505 g/mol. The third kappa shape index (κ3) is 5.11. The number of carbonyl (C=O) groups is 1. The second-order valence-corrected chi connectivity index (χ2v) is 8.01. The molecule has 5 nitrogen and oxygen atoms in total. The lowest BCUT2D eigenvalue weighted by Gasteiger charge is -2.09. The molecule has 0 aliphatic carbocycles. The summed E-state index contributed by atoms with van der Waals surface area (Å²) in [6.07, 6.45) is 1.65. The van der Waals surface area contributed by atoms with E-state index in [1.807, 2.05) is 56.3 Å². The molecular formula is C21H19Br2N3O2. The van der Waals surface area contributed by atoms with Gasteiger partial charge in [0.1, 0.15) is 5.75 Å². The van der Waals surface area contributed by atoms with Crippen LogP contribution in [-0.4, -0.2) is 23.3 Å². The lowest BCUT2D eigenvalue weighted by atomic mass is 10.2. The third-order valence-corrected chi connectivity index (χ3v) is 5.14. The van der Waals surface area contributed by atoms with E-state index in [4.69, 9.17) is 4.74 Å². The zero-order chi connectivity index (χ0) is 20.1. The Morgan fingerprint density at radius 1 is 1.11 bits per heavy atom. The van der Waals surface area contributed by atoms with Crippen LogP contribution in [0.5, 0.6) is 5.75 Å². The van der Waals surface area contributed by atoms with Crippen LogP contribution in [0.2, 0.25) is 0 Å². The van der Waals surface area contributed by atoms with E-state index >= 15 is 0 Å². The summed E-state index contributed by atoms with van der Waals surface area (Å²) in [5, 5.41) is 4.06. The Labute approximate surface area is 180 Å². The molecule has 0 unspecified atom stereocenters. The molecular weight excluding hydrogens is 486 g/mol. The number of hydrazone groups is 1. The molecule has 1 heterocycles. The minimum Gasteiger partial charge on any atom is -0.484 e. The Hall–Kier alpha value is -2.38. The second-order valence-electron chi connectivity index (χ2n) is 6.18. The highest BCUT2D eigenvalue weighted by molar-refractivity contribution is 9.10. The lowest BCUT2D eigenvalue weighted by molar-refractivity contribution is -0.123. The molecule has 0 aliphatic heterocycles. The Morgan fingerprint density at radius 3 is 2.57 bits per heavy atom. The number of ether oxygens (including phenoxy) is 1. The van der Waals surface area contributed by atoms with E-state index in [0.29, 0.717) is 5.75 Å². The number of nitrogens with one attached hydrogen (secondary N) is 1. The normalized spacial score (nSPS) is 11.0. The van der Waals surface area contributed by atoms with E-state index in [0.717, 1.165) is 31.6 Å². The van der Waals surface area contributed by atoms with Gasteiger partial charge < -0.3 is 9.30 Å². The summed E-state index contributed by atoms with van der Waals surface area (Å²) >= 11 is 6.82. The van der Waals surface area contributed by atoms with Crippen molar-refractivity contribution in [3.8, 4) is 11.4 Å². The maximum absolute atomic E-state index is 11.9. The van der Waals surface area contributed by atoms with Gasteiger partial charge in [-0.15, -0.1) is 0 Å². The van der Waals surface area contributed by atoms with E-state index in [1.165, 1.54) is 0 Å². The fourth-order valence-electron chi connectivity index (χ4n) is 2.82. The van der Waals surface area contributed by atoms with Crippen molar-refractivity contribution in [2.75, 3.05) is 6.61 Å². The molecule has 144 valence electrons. The van der Waals surface area contributed by atoms with E-state index in [-0.39, 0.29) is 12.5 Å². The minimum atomic E-state index is -0.321. The number of benzene rings is 2. The number of hydrogen-bond donors (Lipinski definition) is 1. The summed E-state index contributed by atoms with van der Waals surface area (Å²) in [4.78, 5) is 11.9. The van der Waals surface area contributed by atoms with Gasteiger partial charge in [0.15, 0.2) is 6.61 Å². The summed E-state index contributed by atoms with van der Waals surface area (Å²) in [7, 11) is 0. The fourth-order valence-corrected chi connectivity index (χ4v) is 3.46. The monoisotopic (exact) mass is 503 g/mol. The standard InChI is InChI=1S/C21H19Br2N3O2/c1-14-10-16(15(2)26(14)19-8-6-17(22)7-9-19)12-24-25-21(27)13-28-20-5-3-4-18(23)11-20/h3-12H,13H2,1-2H3,(H,25,27)/b24-12+. The first-order valence-electron chi connectivity index (χ1n) is 8.59. The molecule has 0 fully saturated rings. The first-order chi connectivity index (χ1) is 13.4. The Bertz CT molecular complexity index is 1010. The van der Waals surface area contributed by atoms with Gasteiger partial charge in [0.05, 0.1) is 6.21 Å². The number of hydrogen-bond acceptors (Lipinski definition) is 3. The number of nitrogens with zero attached hydrogens (tertiary/aromatic N) is 2. The van der Waals surface area contributed by atoms with Crippen molar-refractivity contribution in [2.24, 2.45) is 5.10 Å². The van der Waals surface area contributed by atoms with Crippen LogP contribution in [0.25, 0.3) is 5.69 Å². The van der Waals surface area contributed by atoms with E-state index in [2.05, 4.69) is 47.0 Å². The number of aryl methyl sites for hydroxylation is 1. The Morgan fingerprint density at radius 2 is 1.86 bits per heavy atom. The van der Waals surface area contributed by atoms with Crippen LogP contribution in [0.4, 0.5) is 0 Å². The van der Waals surface area contributed by atoms with Crippen molar-refractivity contribution in [1.29, 1.82) is 0 Å². The van der Waals surface area contributed by atoms with E-state index < -0.39 is 0 Å². The SMILES string of the molecule is Cc1cc(/C=N/NC(=O)COc2cccc(Br)c2)c(C)n1-c1ccc(Br)cc1. The van der Waals surface area contributed by atoms with Crippen LogP contribution in [0.3, 0.4) is 0 Å². The van der Waals surface area contributed by atoms with Crippen LogP contribution in [0, 0.1) is 13.8 Å².